The van der Waals surface area contributed by atoms with E-state index in [9.17, 15) is 14.4 Å². The highest BCUT2D eigenvalue weighted by Gasteiger charge is 2.23. The van der Waals surface area contributed by atoms with Gasteiger partial charge in [-0.05, 0) is 19.1 Å². The number of ether oxygens (including phenoxy) is 2. The van der Waals surface area contributed by atoms with Gasteiger partial charge in [-0.1, -0.05) is 12.1 Å². The van der Waals surface area contributed by atoms with Crippen molar-refractivity contribution in [1.82, 2.24) is 0 Å². The average Bonchev–Trinajstić information content (AvgIpc) is 2.44. The average molecular weight is 250 g/mol. The normalized spacial score (nSPS) is 11.5. The Morgan fingerprint density at radius 3 is 1.89 bits per heavy atom. The Balaban J connectivity index is 2.88. The van der Waals surface area contributed by atoms with Gasteiger partial charge < -0.3 is 9.47 Å². The van der Waals surface area contributed by atoms with Gasteiger partial charge in [0.1, 0.15) is 5.92 Å². The third-order valence-electron chi connectivity index (χ3n) is 2.54. The van der Waals surface area contributed by atoms with Crippen LogP contribution in [-0.2, 0) is 14.3 Å². The van der Waals surface area contributed by atoms with Gasteiger partial charge in [0.2, 0.25) is 0 Å². The summed E-state index contributed by atoms with van der Waals surface area (Å²) < 4.78 is 9.04. The van der Waals surface area contributed by atoms with Crippen LogP contribution in [0.25, 0.3) is 0 Å². The van der Waals surface area contributed by atoms with Crippen LogP contribution in [0.4, 0.5) is 0 Å². The zero-order valence-corrected chi connectivity index (χ0v) is 10.4. The molecule has 96 valence electrons. The molecule has 0 bridgehead atoms. The zero-order chi connectivity index (χ0) is 13.7. The van der Waals surface area contributed by atoms with Gasteiger partial charge in [-0.15, -0.1) is 0 Å². The van der Waals surface area contributed by atoms with Gasteiger partial charge in [-0.3, -0.25) is 9.59 Å². The summed E-state index contributed by atoms with van der Waals surface area (Å²) in [6, 6.07) is 5.91. The lowest BCUT2D eigenvalue weighted by Crippen LogP contribution is -2.22. The molecule has 0 spiro atoms. The number of ketones is 1. The fourth-order valence-corrected chi connectivity index (χ4v) is 1.42. The van der Waals surface area contributed by atoms with E-state index in [1.54, 1.807) is 0 Å². The second-order valence-corrected chi connectivity index (χ2v) is 3.68. The molecule has 1 rings (SSSR count). The minimum absolute atomic E-state index is 0.347. The Morgan fingerprint density at radius 2 is 1.44 bits per heavy atom. The number of hydrogen-bond donors (Lipinski definition) is 0. The SMILES string of the molecule is COC(=O)c1ccc(C(=O)C(C)C(=O)OC)cc1. The van der Waals surface area contributed by atoms with E-state index in [4.69, 9.17) is 0 Å². The van der Waals surface area contributed by atoms with Gasteiger partial charge in [0.25, 0.3) is 0 Å². The maximum Gasteiger partial charge on any atom is 0.337 e. The third-order valence-corrected chi connectivity index (χ3v) is 2.54. The van der Waals surface area contributed by atoms with Crippen molar-refractivity contribution in [2.75, 3.05) is 14.2 Å². The van der Waals surface area contributed by atoms with Crippen LogP contribution in [0.1, 0.15) is 27.6 Å². The molecule has 0 heterocycles. The largest absolute Gasteiger partial charge is 0.468 e. The number of esters is 2. The van der Waals surface area contributed by atoms with Crippen molar-refractivity contribution >= 4 is 17.7 Å². The summed E-state index contributed by atoms with van der Waals surface area (Å²) in [6.45, 7) is 1.47. The highest BCUT2D eigenvalue weighted by molar-refractivity contribution is 6.08. The fourth-order valence-electron chi connectivity index (χ4n) is 1.42. The Kier molecular flexibility index (Phi) is 4.59. The highest BCUT2D eigenvalue weighted by atomic mass is 16.5. The van der Waals surface area contributed by atoms with Crippen molar-refractivity contribution < 1.29 is 23.9 Å². The zero-order valence-electron chi connectivity index (χ0n) is 10.4. The van der Waals surface area contributed by atoms with E-state index in [-0.39, 0.29) is 5.78 Å². The monoisotopic (exact) mass is 250 g/mol. The number of hydrogen-bond acceptors (Lipinski definition) is 5. The van der Waals surface area contributed by atoms with Crippen LogP contribution >= 0.6 is 0 Å². The van der Waals surface area contributed by atoms with Crippen molar-refractivity contribution in [3.63, 3.8) is 0 Å². The van der Waals surface area contributed by atoms with E-state index in [2.05, 4.69) is 9.47 Å². The second-order valence-electron chi connectivity index (χ2n) is 3.68. The lowest BCUT2D eigenvalue weighted by atomic mass is 9.98. The van der Waals surface area contributed by atoms with Crippen molar-refractivity contribution in [3.05, 3.63) is 35.4 Å². The van der Waals surface area contributed by atoms with Gasteiger partial charge in [0.15, 0.2) is 5.78 Å². The molecule has 0 aliphatic carbocycles. The maximum absolute atomic E-state index is 11.9. The molecule has 1 aromatic carbocycles. The Morgan fingerprint density at radius 1 is 0.944 bits per heavy atom. The minimum Gasteiger partial charge on any atom is -0.468 e. The molecule has 0 saturated heterocycles. The van der Waals surface area contributed by atoms with E-state index >= 15 is 0 Å². The Labute approximate surface area is 105 Å². The topological polar surface area (TPSA) is 69.7 Å². The van der Waals surface area contributed by atoms with E-state index in [1.165, 1.54) is 45.4 Å². The first-order chi connectivity index (χ1) is 8.51. The summed E-state index contributed by atoms with van der Waals surface area (Å²) in [4.78, 5) is 34.3. The Hall–Kier alpha value is -2.17. The molecule has 18 heavy (non-hydrogen) atoms. The standard InChI is InChI=1S/C13H14O5/c1-8(12(15)17-2)11(14)9-4-6-10(7-5-9)13(16)18-3/h4-8H,1-3H3. The molecule has 0 radical (unpaired) electrons. The lowest BCUT2D eigenvalue weighted by molar-refractivity contribution is -0.143. The predicted octanol–water partition coefficient (Wildman–Crippen LogP) is 1.47. The molecule has 1 unspecified atom stereocenters. The van der Waals surface area contributed by atoms with E-state index < -0.39 is 17.9 Å². The van der Waals surface area contributed by atoms with Gasteiger partial charge in [0.05, 0.1) is 19.8 Å². The summed E-state index contributed by atoms with van der Waals surface area (Å²) >= 11 is 0. The minimum atomic E-state index is -0.862. The van der Waals surface area contributed by atoms with Crippen molar-refractivity contribution in [2.45, 2.75) is 6.92 Å². The number of rotatable bonds is 4. The molecule has 0 amide bonds. The van der Waals surface area contributed by atoms with Gasteiger partial charge in [-0.2, -0.15) is 0 Å². The van der Waals surface area contributed by atoms with Crippen LogP contribution in [0.3, 0.4) is 0 Å². The summed E-state index contributed by atoms with van der Waals surface area (Å²) in [5, 5.41) is 0. The van der Waals surface area contributed by atoms with Crippen molar-refractivity contribution in [2.24, 2.45) is 5.92 Å². The summed E-state index contributed by atoms with van der Waals surface area (Å²) in [5.41, 5.74) is 0.695. The third kappa shape index (κ3) is 2.94. The fraction of sp³-hybridized carbons (Fsp3) is 0.308. The van der Waals surface area contributed by atoms with Crippen LogP contribution in [0.15, 0.2) is 24.3 Å². The number of Topliss-reactive ketones (excluding diaryl/α,β-unsaturated/α-hetero) is 1. The highest BCUT2D eigenvalue weighted by Crippen LogP contribution is 2.12. The number of methoxy groups -OCH3 is 2. The molecule has 5 heteroatoms. The van der Waals surface area contributed by atoms with Crippen LogP contribution < -0.4 is 0 Å². The van der Waals surface area contributed by atoms with Crippen LogP contribution in [0.5, 0.6) is 0 Å². The van der Waals surface area contributed by atoms with Crippen LogP contribution in [0, 0.1) is 5.92 Å². The van der Waals surface area contributed by atoms with Crippen molar-refractivity contribution in [1.29, 1.82) is 0 Å². The van der Waals surface area contributed by atoms with Gasteiger partial charge >= 0.3 is 11.9 Å². The molecule has 0 fully saturated rings. The molecule has 0 aromatic heterocycles. The molecule has 0 aliphatic heterocycles. The molecular weight excluding hydrogens is 236 g/mol. The lowest BCUT2D eigenvalue weighted by Gasteiger charge is -2.08. The van der Waals surface area contributed by atoms with Gasteiger partial charge in [0, 0.05) is 5.56 Å². The number of carbonyl (C=O) groups is 3. The Bertz CT molecular complexity index is 461. The number of carbonyl (C=O) groups excluding carboxylic acids is 3. The van der Waals surface area contributed by atoms with Crippen molar-refractivity contribution in [3.8, 4) is 0 Å². The van der Waals surface area contributed by atoms with Crippen LogP contribution in [0.2, 0.25) is 0 Å². The molecule has 0 saturated carbocycles. The van der Waals surface area contributed by atoms with E-state index in [0.29, 0.717) is 11.1 Å². The molecule has 1 aromatic rings. The molecule has 1 atom stereocenters. The summed E-state index contributed by atoms with van der Waals surface area (Å²) in [5.74, 6) is -2.27. The molecule has 5 nitrogen and oxygen atoms in total. The second kappa shape index (κ2) is 5.95. The summed E-state index contributed by atoms with van der Waals surface area (Å²) in [6.07, 6.45) is 0. The first kappa shape index (κ1) is 13.9. The smallest absolute Gasteiger partial charge is 0.337 e. The quantitative estimate of drug-likeness (QED) is 0.459. The molecule has 0 aliphatic rings. The molecular formula is C13H14O5. The van der Waals surface area contributed by atoms with E-state index in [1.807, 2.05) is 0 Å². The first-order valence-corrected chi connectivity index (χ1v) is 5.31. The maximum atomic E-state index is 11.9. The number of benzene rings is 1. The van der Waals surface area contributed by atoms with Gasteiger partial charge in [-0.25, -0.2) is 4.79 Å². The summed E-state index contributed by atoms with van der Waals surface area (Å²) in [7, 11) is 2.51. The van der Waals surface area contributed by atoms with E-state index in [0.717, 1.165) is 0 Å². The molecule has 0 N–H and O–H groups in total. The predicted molar refractivity (Wildman–Crippen MR) is 63.3 cm³/mol. The first-order valence-electron chi connectivity index (χ1n) is 5.31. The van der Waals surface area contributed by atoms with Crippen LogP contribution in [-0.4, -0.2) is 31.9 Å².